The van der Waals surface area contributed by atoms with Gasteiger partial charge >= 0.3 is 6.18 Å². The van der Waals surface area contributed by atoms with Crippen molar-refractivity contribution in [3.8, 4) is 0 Å². The largest absolute Gasteiger partial charge is 0.417 e. The van der Waals surface area contributed by atoms with Crippen molar-refractivity contribution in [2.24, 2.45) is 0 Å². The monoisotopic (exact) mass is 435 g/mol. The Morgan fingerprint density at radius 2 is 2.04 bits per heavy atom. The number of thiophene rings is 1. The number of piperazine rings is 1. The van der Waals surface area contributed by atoms with E-state index >= 15 is 0 Å². The molecule has 1 saturated heterocycles. The van der Waals surface area contributed by atoms with Gasteiger partial charge in [0.1, 0.15) is 5.03 Å². The molecule has 27 heavy (non-hydrogen) atoms. The van der Waals surface area contributed by atoms with Crippen LogP contribution in [0, 0.1) is 0 Å². The van der Waals surface area contributed by atoms with E-state index in [0.717, 1.165) is 43.7 Å². The minimum absolute atomic E-state index is 0.0615. The number of amides is 1. The third-order valence-corrected chi connectivity index (χ3v) is 6.40. The minimum atomic E-state index is -4.49. The first-order valence-electron chi connectivity index (χ1n) is 8.21. The predicted octanol–water partition coefficient (Wildman–Crippen LogP) is 4.25. The highest BCUT2D eigenvalue weighted by Crippen LogP contribution is 2.33. The first-order chi connectivity index (χ1) is 12.8. The number of thioether (sulfide) groups is 1. The van der Waals surface area contributed by atoms with Crippen LogP contribution >= 0.6 is 34.7 Å². The first-order valence-corrected chi connectivity index (χ1v) is 10.5. The number of carbonyl (C=O) groups is 1. The number of nitrogens with zero attached hydrogens (tertiary/aromatic N) is 3. The summed E-state index contributed by atoms with van der Waals surface area (Å²) < 4.78 is 37.9. The maximum atomic E-state index is 12.6. The second-order valence-electron chi connectivity index (χ2n) is 6.03. The quantitative estimate of drug-likeness (QED) is 0.658. The van der Waals surface area contributed by atoms with Gasteiger partial charge in [0.15, 0.2) is 0 Å². The van der Waals surface area contributed by atoms with Crippen LogP contribution in [0.2, 0.25) is 5.02 Å². The molecular formula is C17H17ClF3N3OS2. The lowest BCUT2D eigenvalue weighted by Gasteiger charge is -2.34. The molecule has 1 aliphatic rings. The fourth-order valence-electron chi connectivity index (χ4n) is 2.69. The molecule has 1 aliphatic heterocycles. The van der Waals surface area contributed by atoms with E-state index in [1.165, 1.54) is 4.88 Å². The zero-order valence-electron chi connectivity index (χ0n) is 14.2. The van der Waals surface area contributed by atoms with Crippen LogP contribution in [-0.4, -0.2) is 52.6 Å². The van der Waals surface area contributed by atoms with Crippen molar-refractivity contribution in [1.82, 2.24) is 14.8 Å². The average Bonchev–Trinajstić information content (AvgIpc) is 3.13. The van der Waals surface area contributed by atoms with Gasteiger partial charge in [-0.05, 0) is 17.5 Å². The van der Waals surface area contributed by atoms with Gasteiger partial charge in [-0.15, -0.1) is 11.3 Å². The smallest absolute Gasteiger partial charge is 0.339 e. The Hall–Kier alpha value is -1.29. The molecule has 0 spiro atoms. The van der Waals surface area contributed by atoms with Crippen molar-refractivity contribution < 1.29 is 18.0 Å². The summed E-state index contributed by atoms with van der Waals surface area (Å²) in [4.78, 5) is 21.5. The second kappa shape index (κ2) is 8.81. The second-order valence-corrected chi connectivity index (χ2v) is 8.44. The van der Waals surface area contributed by atoms with Crippen LogP contribution in [0.5, 0.6) is 0 Å². The van der Waals surface area contributed by atoms with Crippen molar-refractivity contribution in [3.05, 3.63) is 45.2 Å². The zero-order valence-corrected chi connectivity index (χ0v) is 16.6. The standard InChI is InChI=1S/C17H17ClF3N3OS2/c18-14-8-12(17(19,20)21)9-22-16(14)27-11-15(25)24-5-3-23(4-6-24)10-13-2-1-7-26-13/h1-2,7-9H,3-6,10-11H2. The minimum Gasteiger partial charge on any atom is -0.339 e. The van der Waals surface area contributed by atoms with Crippen LogP contribution in [-0.2, 0) is 17.5 Å². The molecule has 3 rings (SSSR count). The molecule has 2 aromatic heterocycles. The average molecular weight is 436 g/mol. The van der Waals surface area contributed by atoms with Gasteiger partial charge in [0.05, 0.1) is 16.3 Å². The van der Waals surface area contributed by atoms with Crippen molar-refractivity contribution in [2.45, 2.75) is 17.7 Å². The number of alkyl halides is 3. The van der Waals surface area contributed by atoms with E-state index in [4.69, 9.17) is 11.6 Å². The fourth-order valence-corrected chi connectivity index (χ4v) is 4.53. The Kier molecular flexibility index (Phi) is 6.67. The number of aromatic nitrogens is 1. The number of halogens is 4. The summed E-state index contributed by atoms with van der Waals surface area (Å²) in [6, 6.07) is 4.96. The third-order valence-electron chi connectivity index (χ3n) is 4.15. The maximum absolute atomic E-state index is 12.6. The molecule has 0 aromatic carbocycles. The molecule has 4 nitrogen and oxygen atoms in total. The number of pyridine rings is 1. The summed E-state index contributed by atoms with van der Waals surface area (Å²) in [6.45, 7) is 3.76. The Morgan fingerprint density at radius 3 is 2.63 bits per heavy atom. The van der Waals surface area contributed by atoms with E-state index in [1.807, 2.05) is 11.4 Å². The molecule has 0 N–H and O–H groups in total. The number of carbonyl (C=O) groups excluding carboxylic acids is 1. The van der Waals surface area contributed by atoms with E-state index in [-0.39, 0.29) is 21.7 Å². The topological polar surface area (TPSA) is 36.4 Å². The van der Waals surface area contributed by atoms with Crippen molar-refractivity contribution in [1.29, 1.82) is 0 Å². The highest BCUT2D eigenvalue weighted by atomic mass is 35.5. The lowest BCUT2D eigenvalue weighted by atomic mass is 10.3. The summed E-state index contributed by atoms with van der Waals surface area (Å²) in [6.07, 6.45) is -3.75. The number of rotatable bonds is 5. The molecule has 0 saturated carbocycles. The molecule has 3 heterocycles. The molecule has 0 bridgehead atoms. The zero-order chi connectivity index (χ0) is 19.4. The molecule has 0 unspecified atom stereocenters. The molecule has 10 heteroatoms. The molecule has 1 amide bonds. The summed E-state index contributed by atoms with van der Waals surface area (Å²) >= 11 is 8.65. The van der Waals surface area contributed by atoms with E-state index in [1.54, 1.807) is 16.2 Å². The number of hydrogen-bond acceptors (Lipinski definition) is 5. The van der Waals surface area contributed by atoms with Gasteiger partial charge in [-0.2, -0.15) is 13.2 Å². The Balaban J connectivity index is 1.47. The third kappa shape index (κ3) is 5.60. The van der Waals surface area contributed by atoms with E-state index in [9.17, 15) is 18.0 Å². The normalized spacial score (nSPS) is 15.9. The molecule has 0 aliphatic carbocycles. The van der Waals surface area contributed by atoms with Crippen molar-refractivity contribution in [2.75, 3.05) is 31.9 Å². The van der Waals surface area contributed by atoms with Gasteiger partial charge < -0.3 is 4.90 Å². The van der Waals surface area contributed by atoms with E-state index < -0.39 is 11.7 Å². The summed E-state index contributed by atoms with van der Waals surface area (Å²) in [7, 11) is 0. The molecule has 0 radical (unpaired) electrons. The van der Waals surface area contributed by atoms with Gasteiger partial charge in [-0.1, -0.05) is 29.4 Å². The molecule has 2 aromatic rings. The summed E-state index contributed by atoms with van der Waals surface area (Å²) in [5, 5.41) is 2.19. The van der Waals surface area contributed by atoms with Gasteiger partial charge in [0.25, 0.3) is 0 Å². The van der Waals surface area contributed by atoms with Crippen LogP contribution < -0.4 is 0 Å². The highest BCUT2D eigenvalue weighted by Gasteiger charge is 2.31. The van der Waals surface area contributed by atoms with Gasteiger partial charge in [-0.3, -0.25) is 9.69 Å². The van der Waals surface area contributed by atoms with Crippen LogP contribution in [0.15, 0.2) is 34.8 Å². The van der Waals surface area contributed by atoms with Gasteiger partial charge in [-0.25, -0.2) is 4.98 Å². The lowest BCUT2D eigenvalue weighted by molar-refractivity contribution is -0.138. The van der Waals surface area contributed by atoms with Crippen molar-refractivity contribution in [3.63, 3.8) is 0 Å². The highest BCUT2D eigenvalue weighted by molar-refractivity contribution is 8.00. The predicted molar refractivity (Wildman–Crippen MR) is 101 cm³/mol. The van der Waals surface area contributed by atoms with Crippen molar-refractivity contribution >= 4 is 40.6 Å². The van der Waals surface area contributed by atoms with E-state index in [0.29, 0.717) is 13.1 Å². The number of hydrogen-bond donors (Lipinski definition) is 0. The van der Waals surface area contributed by atoms with Gasteiger partial charge in [0.2, 0.25) is 5.91 Å². The Morgan fingerprint density at radius 1 is 1.30 bits per heavy atom. The van der Waals surface area contributed by atoms with Crippen LogP contribution in [0.1, 0.15) is 10.4 Å². The Labute approximate surface area is 168 Å². The molecule has 1 fully saturated rings. The summed E-state index contributed by atoms with van der Waals surface area (Å²) in [5.74, 6) is 0.0387. The maximum Gasteiger partial charge on any atom is 0.417 e. The molecular weight excluding hydrogens is 419 g/mol. The summed E-state index contributed by atoms with van der Waals surface area (Å²) in [5.41, 5.74) is -0.898. The first kappa shape index (κ1) is 20.4. The van der Waals surface area contributed by atoms with Crippen LogP contribution in [0.25, 0.3) is 0 Å². The van der Waals surface area contributed by atoms with Crippen LogP contribution in [0.4, 0.5) is 13.2 Å². The van der Waals surface area contributed by atoms with Gasteiger partial charge in [0, 0.05) is 43.8 Å². The SMILES string of the molecule is O=C(CSc1ncc(C(F)(F)F)cc1Cl)N1CCN(Cc2cccs2)CC1. The Bertz CT molecular complexity index is 778. The van der Waals surface area contributed by atoms with Crippen LogP contribution in [0.3, 0.4) is 0 Å². The lowest BCUT2D eigenvalue weighted by Crippen LogP contribution is -2.48. The van der Waals surface area contributed by atoms with E-state index in [2.05, 4.69) is 16.0 Å². The fraction of sp³-hybridized carbons (Fsp3) is 0.412. The molecule has 0 atom stereocenters. The molecule has 146 valence electrons.